The Bertz CT molecular complexity index is 388. The number of hydrogen-bond donors (Lipinski definition) is 1. The Morgan fingerprint density at radius 1 is 1.35 bits per heavy atom. The lowest BCUT2D eigenvalue weighted by atomic mass is 9.85. The van der Waals surface area contributed by atoms with Crippen LogP contribution in [0.2, 0.25) is 5.02 Å². The van der Waals surface area contributed by atoms with Crippen LogP contribution >= 0.6 is 11.6 Å². The lowest BCUT2D eigenvalue weighted by Crippen LogP contribution is -2.23. The fourth-order valence-electron chi connectivity index (χ4n) is 2.22. The van der Waals surface area contributed by atoms with E-state index in [1.165, 1.54) is 6.07 Å². The molecule has 3 nitrogen and oxygen atoms in total. The average molecular weight is 258 g/mol. The summed E-state index contributed by atoms with van der Waals surface area (Å²) in [6.45, 7) is 9.35. The van der Waals surface area contributed by atoms with Crippen molar-refractivity contribution in [2.45, 2.75) is 34.2 Å². The van der Waals surface area contributed by atoms with Gasteiger partial charge in [0.2, 0.25) is 0 Å². The standard InChI is InChI=1S/C13H20ClNO2/c1-8(2)11(9(3)4)7-15-6-10(14)5-12(15)13(16)17/h5-6,8-9,11H,7H2,1-4H3,(H,16,17). The maximum atomic E-state index is 11.1. The molecule has 0 fully saturated rings. The lowest BCUT2D eigenvalue weighted by Gasteiger charge is -2.25. The molecular formula is C13H20ClNO2. The number of carbonyl (C=O) groups is 1. The van der Waals surface area contributed by atoms with Crippen molar-refractivity contribution in [3.8, 4) is 0 Å². The van der Waals surface area contributed by atoms with E-state index in [-0.39, 0.29) is 5.69 Å². The van der Waals surface area contributed by atoms with Crippen LogP contribution in [0.5, 0.6) is 0 Å². The second kappa shape index (κ2) is 5.58. The molecule has 0 aliphatic rings. The molecule has 0 saturated heterocycles. The molecule has 1 N–H and O–H groups in total. The summed E-state index contributed by atoms with van der Waals surface area (Å²) in [4.78, 5) is 11.1. The van der Waals surface area contributed by atoms with Gasteiger partial charge < -0.3 is 9.67 Å². The second-order valence-corrected chi connectivity index (χ2v) is 5.59. The van der Waals surface area contributed by atoms with Crippen LogP contribution < -0.4 is 0 Å². The van der Waals surface area contributed by atoms with Crippen molar-refractivity contribution < 1.29 is 9.90 Å². The summed E-state index contributed by atoms with van der Waals surface area (Å²) in [7, 11) is 0. The normalized spacial score (nSPS) is 11.8. The molecule has 1 aromatic rings. The molecule has 0 unspecified atom stereocenters. The highest BCUT2D eigenvalue weighted by Crippen LogP contribution is 2.25. The van der Waals surface area contributed by atoms with Gasteiger partial charge in [-0.1, -0.05) is 39.3 Å². The lowest BCUT2D eigenvalue weighted by molar-refractivity contribution is 0.0681. The van der Waals surface area contributed by atoms with Crippen molar-refractivity contribution in [3.63, 3.8) is 0 Å². The van der Waals surface area contributed by atoms with E-state index >= 15 is 0 Å². The summed E-state index contributed by atoms with van der Waals surface area (Å²) in [5, 5.41) is 9.57. The highest BCUT2D eigenvalue weighted by atomic mass is 35.5. The van der Waals surface area contributed by atoms with Crippen LogP contribution in [0.3, 0.4) is 0 Å². The van der Waals surface area contributed by atoms with Crippen molar-refractivity contribution in [2.24, 2.45) is 17.8 Å². The second-order valence-electron chi connectivity index (χ2n) is 5.15. The van der Waals surface area contributed by atoms with Crippen LogP contribution in [0.1, 0.15) is 38.2 Å². The number of halogens is 1. The van der Waals surface area contributed by atoms with Crippen molar-refractivity contribution in [2.75, 3.05) is 0 Å². The van der Waals surface area contributed by atoms with E-state index in [4.69, 9.17) is 16.7 Å². The molecule has 0 aromatic carbocycles. The molecule has 1 heterocycles. The van der Waals surface area contributed by atoms with Gasteiger partial charge in [-0.15, -0.1) is 0 Å². The van der Waals surface area contributed by atoms with Gasteiger partial charge in [-0.3, -0.25) is 0 Å². The van der Waals surface area contributed by atoms with Gasteiger partial charge in [0.15, 0.2) is 0 Å². The first-order valence-electron chi connectivity index (χ1n) is 5.92. The Balaban J connectivity index is 2.96. The summed E-state index contributed by atoms with van der Waals surface area (Å²) < 4.78 is 1.75. The van der Waals surface area contributed by atoms with E-state index < -0.39 is 5.97 Å². The first-order chi connectivity index (χ1) is 7.82. The highest BCUT2D eigenvalue weighted by Gasteiger charge is 2.21. The Hall–Kier alpha value is -0.960. The van der Waals surface area contributed by atoms with Gasteiger partial charge in [-0.25, -0.2) is 4.79 Å². The predicted octanol–water partition coefficient (Wildman–Crippen LogP) is 3.77. The zero-order valence-electron chi connectivity index (χ0n) is 10.8. The number of aromatic nitrogens is 1. The molecule has 17 heavy (non-hydrogen) atoms. The molecule has 0 atom stereocenters. The molecule has 0 aliphatic carbocycles. The zero-order chi connectivity index (χ0) is 13.2. The summed E-state index contributed by atoms with van der Waals surface area (Å²) in [6, 6.07) is 1.50. The smallest absolute Gasteiger partial charge is 0.352 e. The molecule has 1 aromatic heterocycles. The fraction of sp³-hybridized carbons (Fsp3) is 0.615. The third-order valence-corrected chi connectivity index (χ3v) is 3.41. The van der Waals surface area contributed by atoms with Crippen molar-refractivity contribution >= 4 is 17.6 Å². The largest absolute Gasteiger partial charge is 0.477 e. The summed E-state index contributed by atoms with van der Waals surface area (Å²) in [5.74, 6) is 0.537. The first kappa shape index (κ1) is 14.1. The minimum atomic E-state index is -0.928. The van der Waals surface area contributed by atoms with Gasteiger partial charge in [-0.2, -0.15) is 0 Å². The van der Waals surface area contributed by atoms with Gasteiger partial charge >= 0.3 is 5.97 Å². The zero-order valence-corrected chi connectivity index (χ0v) is 11.5. The van der Waals surface area contributed by atoms with Crippen LogP contribution in [0.4, 0.5) is 0 Å². The molecule has 0 saturated carbocycles. The van der Waals surface area contributed by atoms with Crippen LogP contribution in [0, 0.1) is 17.8 Å². The predicted molar refractivity (Wildman–Crippen MR) is 69.6 cm³/mol. The van der Waals surface area contributed by atoms with E-state index in [2.05, 4.69) is 27.7 Å². The SMILES string of the molecule is CC(C)C(Cn1cc(Cl)cc1C(=O)O)C(C)C. The van der Waals surface area contributed by atoms with Gasteiger partial charge in [0, 0.05) is 12.7 Å². The molecule has 0 aliphatic heterocycles. The van der Waals surface area contributed by atoms with Crippen molar-refractivity contribution in [1.82, 2.24) is 4.57 Å². The minimum Gasteiger partial charge on any atom is -0.477 e. The van der Waals surface area contributed by atoms with Crippen LogP contribution in [-0.4, -0.2) is 15.6 Å². The molecule has 96 valence electrons. The monoisotopic (exact) mass is 257 g/mol. The minimum absolute atomic E-state index is 0.265. The molecule has 0 amide bonds. The number of carboxylic acid groups (broad SMARTS) is 1. The average Bonchev–Trinajstić information content (AvgIpc) is 2.55. The maximum absolute atomic E-state index is 11.1. The molecule has 0 radical (unpaired) electrons. The van der Waals surface area contributed by atoms with Gasteiger partial charge in [0.25, 0.3) is 0 Å². The van der Waals surface area contributed by atoms with Crippen molar-refractivity contribution in [3.05, 3.63) is 23.0 Å². The quantitative estimate of drug-likeness (QED) is 0.873. The van der Waals surface area contributed by atoms with Gasteiger partial charge in [0.1, 0.15) is 5.69 Å². The van der Waals surface area contributed by atoms with Crippen LogP contribution in [-0.2, 0) is 6.54 Å². The fourth-order valence-corrected chi connectivity index (χ4v) is 2.44. The van der Waals surface area contributed by atoms with E-state index in [1.807, 2.05) is 0 Å². The summed E-state index contributed by atoms with van der Waals surface area (Å²) in [6.07, 6.45) is 1.70. The van der Waals surface area contributed by atoms with Gasteiger partial charge in [-0.05, 0) is 23.8 Å². The molecule has 4 heteroatoms. The number of rotatable bonds is 5. The Labute approximate surface area is 107 Å². The highest BCUT2D eigenvalue weighted by molar-refractivity contribution is 6.30. The number of aromatic carboxylic acids is 1. The number of carboxylic acids is 1. The Morgan fingerprint density at radius 3 is 2.29 bits per heavy atom. The summed E-state index contributed by atoms with van der Waals surface area (Å²) in [5.41, 5.74) is 0.265. The van der Waals surface area contributed by atoms with E-state index in [0.717, 1.165) is 0 Å². The summed E-state index contributed by atoms with van der Waals surface area (Å²) >= 11 is 5.87. The molecular weight excluding hydrogens is 238 g/mol. The van der Waals surface area contributed by atoms with E-state index in [0.29, 0.717) is 29.3 Å². The van der Waals surface area contributed by atoms with Crippen molar-refractivity contribution in [1.29, 1.82) is 0 Å². The third-order valence-electron chi connectivity index (χ3n) is 3.20. The first-order valence-corrected chi connectivity index (χ1v) is 6.29. The Morgan fingerprint density at radius 2 is 1.88 bits per heavy atom. The van der Waals surface area contributed by atoms with E-state index in [1.54, 1.807) is 10.8 Å². The van der Waals surface area contributed by atoms with Crippen LogP contribution in [0.25, 0.3) is 0 Å². The molecule has 0 spiro atoms. The number of hydrogen-bond acceptors (Lipinski definition) is 1. The Kier molecular flexibility index (Phi) is 4.63. The third kappa shape index (κ3) is 3.50. The number of nitrogens with zero attached hydrogens (tertiary/aromatic N) is 1. The van der Waals surface area contributed by atoms with Gasteiger partial charge in [0.05, 0.1) is 5.02 Å². The van der Waals surface area contributed by atoms with Crippen LogP contribution in [0.15, 0.2) is 12.3 Å². The maximum Gasteiger partial charge on any atom is 0.352 e. The van der Waals surface area contributed by atoms with E-state index in [9.17, 15) is 4.79 Å². The molecule has 1 rings (SSSR count). The topological polar surface area (TPSA) is 42.2 Å². The molecule has 0 bridgehead atoms.